The zero-order chi connectivity index (χ0) is 13.2. The third-order valence-corrected chi connectivity index (χ3v) is 4.06. The fourth-order valence-electron chi connectivity index (χ4n) is 2.68. The van der Waals surface area contributed by atoms with Crippen LogP contribution in [0.1, 0.15) is 37.3 Å². The standard InChI is InChI=1S/C16H23NO2/c1-17-15(16(18-2)12-3-4-12)11-5-7-13(8-6-11)19-14-9-10-14/h5-8,12,14-17H,3-4,9-10H2,1-2H3. The predicted molar refractivity (Wildman–Crippen MR) is 75.4 cm³/mol. The van der Waals surface area contributed by atoms with Crippen molar-refractivity contribution in [2.24, 2.45) is 5.92 Å². The van der Waals surface area contributed by atoms with Gasteiger partial charge < -0.3 is 14.8 Å². The van der Waals surface area contributed by atoms with Crippen molar-refractivity contribution >= 4 is 0 Å². The van der Waals surface area contributed by atoms with E-state index in [1.165, 1.54) is 31.2 Å². The smallest absolute Gasteiger partial charge is 0.119 e. The van der Waals surface area contributed by atoms with Crippen LogP contribution in [0.15, 0.2) is 24.3 Å². The highest BCUT2D eigenvalue weighted by Crippen LogP contribution is 2.40. The molecule has 1 aromatic rings. The molecule has 1 aromatic carbocycles. The lowest BCUT2D eigenvalue weighted by atomic mass is 9.98. The average molecular weight is 261 g/mol. The third kappa shape index (κ3) is 3.10. The third-order valence-electron chi connectivity index (χ3n) is 4.06. The topological polar surface area (TPSA) is 30.5 Å². The number of hydrogen-bond acceptors (Lipinski definition) is 3. The van der Waals surface area contributed by atoms with E-state index in [1.807, 2.05) is 14.2 Å². The van der Waals surface area contributed by atoms with Crippen LogP contribution >= 0.6 is 0 Å². The van der Waals surface area contributed by atoms with Gasteiger partial charge in [-0.3, -0.25) is 0 Å². The fourth-order valence-corrected chi connectivity index (χ4v) is 2.68. The van der Waals surface area contributed by atoms with Crippen molar-refractivity contribution in [2.45, 2.75) is 43.9 Å². The number of methoxy groups -OCH3 is 1. The molecule has 0 amide bonds. The number of ether oxygens (including phenoxy) is 2. The van der Waals surface area contributed by atoms with Crippen LogP contribution in [0, 0.1) is 5.92 Å². The molecule has 2 fully saturated rings. The molecular weight excluding hydrogens is 238 g/mol. The number of nitrogens with one attached hydrogen (secondary N) is 1. The second-order valence-corrected chi connectivity index (χ2v) is 5.69. The molecule has 0 spiro atoms. The van der Waals surface area contributed by atoms with Crippen LogP contribution in [0.3, 0.4) is 0 Å². The normalized spacial score (nSPS) is 22.0. The van der Waals surface area contributed by atoms with Crippen LogP contribution in [-0.4, -0.2) is 26.4 Å². The van der Waals surface area contributed by atoms with Crippen molar-refractivity contribution < 1.29 is 9.47 Å². The molecule has 0 aromatic heterocycles. The summed E-state index contributed by atoms with van der Waals surface area (Å²) >= 11 is 0. The van der Waals surface area contributed by atoms with Gasteiger partial charge in [0, 0.05) is 7.11 Å². The number of rotatable bonds is 7. The molecule has 2 unspecified atom stereocenters. The molecule has 3 rings (SSSR count). The summed E-state index contributed by atoms with van der Waals surface area (Å²) in [5.74, 6) is 1.70. The Morgan fingerprint density at radius 3 is 2.26 bits per heavy atom. The molecule has 0 aliphatic heterocycles. The molecule has 1 N–H and O–H groups in total. The Labute approximate surface area is 115 Å². The lowest BCUT2D eigenvalue weighted by molar-refractivity contribution is 0.0530. The summed E-state index contributed by atoms with van der Waals surface area (Å²) in [6.07, 6.45) is 5.73. The first-order valence-electron chi connectivity index (χ1n) is 7.28. The van der Waals surface area contributed by atoms with E-state index in [-0.39, 0.29) is 12.1 Å². The minimum absolute atomic E-state index is 0.271. The van der Waals surface area contributed by atoms with Gasteiger partial charge in [0.15, 0.2) is 0 Å². The van der Waals surface area contributed by atoms with Gasteiger partial charge in [-0.1, -0.05) is 12.1 Å². The van der Waals surface area contributed by atoms with Gasteiger partial charge in [-0.25, -0.2) is 0 Å². The maximum Gasteiger partial charge on any atom is 0.119 e. The van der Waals surface area contributed by atoms with Crippen molar-refractivity contribution in [2.75, 3.05) is 14.2 Å². The summed E-state index contributed by atoms with van der Waals surface area (Å²) in [5, 5.41) is 3.40. The maximum absolute atomic E-state index is 5.79. The Bertz CT molecular complexity index is 409. The molecule has 0 heterocycles. The molecule has 0 bridgehead atoms. The Morgan fingerprint density at radius 2 is 1.79 bits per heavy atom. The van der Waals surface area contributed by atoms with E-state index in [0.717, 1.165) is 5.75 Å². The first kappa shape index (κ1) is 12.9. The van der Waals surface area contributed by atoms with Gasteiger partial charge >= 0.3 is 0 Å². The molecule has 104 valence electrons. The molecule has 3 nitrogen and oxygen atoms in total. The van der Waals surface area contributed by atoms with Crippen LogP contribution < -0.4 is 10.1 Å². The molecule has 2 saturated carbocycles. The molecule has 0 saturated heterocycles. The lowest BCUT2D eigenvalue weighted by Gasteiger charge is -2.26. The van der Waals surface area contributed by atoms with Crippen LogP contribution in [0.4, 0.5) is 0 Å². The van der Waals surface area contributed by atoms with E-state index < -0.39 is 0 Å². The van der Waals surface area contributed by atoms with E-state index in [1.54, 1.807) is 0 Å². The van der Waals surface area contributed by atoms with Crippen LogP contribution in [0.25, 0.3) is 0 Å². The van der Waals surface area contributed by atoms with Crippen molar-refractivity contribution in [1.82, 2.24) is 5.32 Å². The summed E-state index contributed by atoms with van der Waals surface area (Å²) in [6.45, 7) is 0. The van der Waals surface area contributed by atoms with E-state index >= 15 is 0 Å². The summed E-state index contributed by atoms with van der Waals surface area (Å²) in [4.78, 5) is 0. The van der Waals surface area contributed by atoms with Crippen LogP contribution in [0.5, 0.6) is 5.75 Å². The van der Waals surface area contributed by atoms with Gasteiger partial charge in [-0.15, -0.1) is 0 Å². The van der Waals surface area contributed by atoms with Crippen LogP contribution in [-0.2, 0) is 4.74 Å². The van der Waals surface area contributed by atoms with Crippen molar-refractivity contribution in [3.63, 3.8) is 0 Å². The highest BCUT2D eigenvalue weighted by atomic mass is 16.5. The summed E-state index contributed by atoms with van der Waals surface area (Å²) in [7, 11) is 3.82. The molecule has 3 heteroatoms. The molecule has 0 radical (unpaired) electrons. The Balaban J connectivity index is 1.70. The van der Waals surface area contributed by atoms with Crippen molar-refractivity contribution in [3.8, 4) is 5.75 Å². The fraction of sp³-hybridized carbons (Fsp3) is 0.625. The van der Waals surface area contributed by atoms with Gasteiger partial charge in [-0.05, 0) is 56.3 Å². The quantitative estimate of drug-likeness (QED) is 0.818. The highest BCUT2D eigenvalue weighted by molar-refractivity contribution is 5.30. The average Bonchev–Trinajstić information content (AvgIpc) is 3.30. The van der Waals surface area contributed by atoms with Gasteiger partial charge in [0.1, 0.15) is 5.75 Å². The predicted octanol–water partition coefficient (Wildman–Crippen LogP) is 2.91. The minimum atomic E-state index is 0.271. The Morgan fingerprint density at radius 1 is 1.11 bits per heavy atom. The van der Waals surface area contributed by atoms with E-state index in [9.17, 15) is 0 Å². The van der Waals surface area contributed by atoms with Gasteiger partial charge in [0.05, 0.1) is 18.2 Å². The van der Waals surface area contributed by atoms with Crippen LogP contribution in [0.2, 0.25) is 0 Å². The number of benzene rings is 1. The van der Waals surface area contributed by atoms with Crippen molar-refractivity contribution in [3.05, 3.63) is 29.8 Å². The SMILES string of the molecule is CNC(c1ccc(OC2CC2)cc1)C(OC)C1CC1. The molecule has 2 aliphatic carbocycles. The number of likely N-dealkylation sites (N-methyl/N-ethyl adjacent to an activating group) is 1. The lowest BCUT2D eigenvalue weighted by Crippen LogP contribution is -2.32. The molecule has 2 atom stereocenters. The Kier molecular flexibility index (Phi) is 3.76. The van der Waals surface area contributed by atoms with E-state index in [4.69, 9.17) is 9.47 Å². The second-order valence-electron chi connectivity index (χ2n) is 5.69. The zero-order valence-corrected chi connectivity index (χ0v) is 11.8. The van der Waals surface area contributed by atoms with Gasteiger partial charge in [0.25, 0.3) is 0 Å². The Hall–Kier alpha value is -1.06. The van der Waals surface area contributed by atoms with Crippen molar-refractivity contribution in [1.29, 1.82) is 0 Å². The molecular formula is C16H23NO2. The van der Waals surface area contributed by atoms with E-state index in [2.05, 4.69) is 29.6 Å². The second kappa shape index (κ2) is 5.51. The first-order chi connectivity index (χ1) is 9.31. The van der Waals surface area contributed by atoms with E-state index in [0.29, 0.717) is 12.0 Å². The summed E-state index contributed by atoms with van der Waals surface area (Å²) in [6, 6.07) is 8.75. The highest BCUT2D eigenvalue weighted by Gasteiger charge is 2.36. The first-order valence-corrected chi connectivity index (χ1v) is 7.28. The minimum Gasteiger partial charge on any atom is -0.490 e. The number of hydrogen-bond donors (Lipinski definition) is 1. The zero-order valence-electron chi connectivity index (χ0n) is 11.8. The van der Waals surface area contributed by atoms with Gasteiger partial charge in [0.2, 0.25) is 0 Å². The maximum atomic E-state index is 5.79. The summed E-state index contributed by atoms with van der Waals surface area (Å²) < 4.78 is 11.5. The monoisotopic (exact) mass is 261 g/mol. The molecule has 2 aliphatic rings. The molecule has 19 heavy (non-hydrogen) atoms. The summed E-state index contributed by atoms with van der Waals surface area (Å²) in [5.41, 5.74) is 1.28. The largest absolute Gasteiger partial charge is 0.490 e. The van der Waals surface area contributed by atoms with Gasteiger partial charge in [-0.2, -0.15) is 0 Å².